The largest absolute Gasteiger partial charge is 0.488 e. The minimum atomic E-state index is 0.475. The smallest absolute Gasteiger partial charge is 0.129 e. The first-order valence-corrected chi connectivity index (χ1v) is 6.52. The SMILES string of the molecule is Clc1c2c(nc3ccccc13)-c1ccccc1OC2. The Balaban J connectivity index is 2.11. The molecule has 2 aromatic carbocycles. The van der Waals surface area contributed by atoms with Crippen LogP contribution in [0.4, 0.5) is 0 Å². The summed E-state index contributed by atoms with van der Waals surface area (Å²) in [5.41, 5.74) is 3.84. The monoisotopic (exact) mass is 267 g/mol. The first kappa shape index (κ1) is 10.8. The number of rotatable bonds is 0. The maximum absolute atomic E-state index is 6.51. The second kappa shape index (κ2) is 3.97. The molecule has 3 aromatic rings. The summed E-state index contributed by atoms with van der Waals surface area (Å²) in [6.45, 7) is 0.475. The van der Waals surface area contributed by atoms with Crippen molar-refractivity contribution in [2.24, 2.45) is 0 Å². The van der Waals surface area contributed by atoms with E-state index >= 15 is 0 Å². The lowest BCUT2D eigenvalue weighted by Crippen LogP contribution is -2.08. The fraction of sp³-hybridized carbons (Fsp3) is 0.0625. The zero-order valence-corrected chi connectivity index (χ0v) is 10.8. The van der Waals surface area contributed by atoms with E-state index in [9.17, 15) is 0 Å². The lowest BCUT2D eigenvalue weighted by atomic mass is 10.0. The summed E-state index contributed by atoms with van der Waals surface area (Å²) in [5, 5.41) is 1.72. The second-order valence-corrected chi connectivity index (χ2v) is 4.93. The van der Waals surface area contributed by atoms with Crippen LogP contribution in [0.15, 0.2) is 48.5 Å². The number of fused-ring (bicyclic) bond motifs is 4. The lowest BCUT2D eigenvalue weighted by molar-refractivity contribution is 0.302. The van der Waals surface area contributed by atoms with Crippen LogP contribution in [-0.2, 0) is 6.61 Å². The van der Waals surface area contributed by atoms with E-state index in [0.717, 1.165) is 38.5 Å². The third-order valence-corrected chi connectivity index (χ3v) is 3.87. The van der Waals surface area contributed by atoms with E-state index < -0.39 is 0 Å². The molecule has 1 aliphatic rings. The van der Waals surface area contributed by atoms with Gasteiger partial charge in [-0.1, -0.05) is 41.9 Å². The van der Waals surface area contributed by atoms with Crippen LogP contribution in [0.3, 0.4) is 0 Å². The Hall–Kier alpha value is -2.06. The Bertz CT molecular complexity index is 798. The zero-order chi connectivity index (χ0) is 12.8. The van der Waals surface area contributed by atoms with Gasteiger partial charge in [0.2, 0.25) is 0 Å². The van der Waals surface area contributed by atoms with Crippen molar-refractivity contribution in [1.29, 1.82) is 0 Å². The maximum Gasteiger partial charge on any atom is 0.129 e. The molecule has 0 saturated carbocycles. The summed E-state index contributed by atoms with van der Waals surface area (Å²) >= 11 is 6.51. The maximum atomic E-state index is 6.51. The van der Waals surface area contributed by atoms with Crippen molar-refractivity contribution in [2.75, 3.05) is 0 Å². The van der Waals surface area contributed by atoms with E-state index in [1.165, 1.54) is 0 Å². The van der Waals surface area contributed by atoms with Crippen molar-refractivity contribution in [1.82, 2.24) is 4.98 Å². The number of aromatic nitrogens is 1. The van der Waals surface area contributed by atoms with Crippen LogP contribution in [0.1, 0.15) is 5.56 Å². The molecule has 1 aromatic heterocycles. The molecule has 0 radical (unpaired) electrons. The van der Waals surface area contributed by atoms with Crippen molar-refractivity contribution in [3.63, 3.8) is 0 Å². The van der Waals surface area contributed by atoms with Crippen LogP contribution in [0, 0.1) is 0 Å². The van der Waals surface area contributed by atoms with Gasteiger partial charge in [-0.25, -0.2) is 4.98 Å². The van der Waals surface area contributed by atoms with Crippen LogP contribution in [-0.4, -0.2) is 4.98 Å². The molecule has 1 aliphatic heterocycles. The fourth-order valence-electron chi connectivity index (χ4n) is 2.50. The lowest BCUT2D eigenvalue weighted by Gasteiger charge is -2.21. The standard InChI is InChI=1S/C16H10ClNO/c17-15-10-5-1-3-7-13(10)18-16-11-6-2-4-8-14(11)19-9-12(15)16/h1-8H,9H2. The van der Waals surface area contributed by atoms with Gasteiger partial charge in [0, 0.05) is 16.5 Å². The summed E-state index contributed by atoms with van der Waals surface area (Å²) < 4.78 is 5.76. The molecule has 92 valence electrons. The van der Waals surface area contributed by atoms with E-state index in [2.05, 4.69) is 0 Å². The van der Waals surface area contributed by atoms with E-state index in [1.807, 2.05) is 48.5 Å². The van der Waals surface area contributed by atoms with E-state index in [1.54, 1.807) is 0 Å². The quantitative estimate of drug-likeness (QED) is 0.600. The van der Waals surface area contributed by atoms with Crippen LogP contribution in [0.25, 0.3) is 22.2 Å². The molecule has 4 rings (SSSR count). The summed E-state index contributed by atoms with van der Waals surface area (Å²) in [4.78, 5) is 4.75. The molecule has 0 atom stereocenters. The van der Waals surface area contributed by atoms with Gasteiger partial charge in [0.25, 0.3) is 0 Å². The minimum Gasteiger partial charge on any atom is -0.488 e. The van der Waals surface area contributed by atoms with E-state index in [0.29, 0.717) is 6.61 Å². The van der Waals surface area contributed by atoms with Crippen LogP contribution < -0.4 is 4.74 Å². The molecule has 0 unspecified atom stereocenters. The average Bonchev–Trinajstić information content (AvgIpc) is 2.47. The number of pyridine rings is 1. The number of halogens is 1. The van der Waals surface area contributed by atoms with E-state index in [-0.39, 0.29) is 0 Å². The molecule has 0 bridgehead atoms. The van der Waals surface area contributed by atoms with Crippen LogP contribution in [0.2, 0.25) is 5.02 Å². The number of nitrogens with zero attached hydrogens (tertiary/aromatic N) is 1. The Kier molecular flexibility index (Phi) is 2.26. The zero-order valence-electron chi connectivity index (χ0n) is 10.1. The fourth-order valence-corrected chi connectivity index (χ4v) is 2.81. The highest BCUT2D eigenvalue weighted by molar-refractivity contribution is 6.36. The molecular formula is C16H10ClNO. The highest BCUT2D eigenvalue weighted by Gasteiger charge is 2.22. The molecule has 0 fully saturated rings. The third-order valence-electron chi connectivity index (χ3n) is 3.44. The van der Waals surface area contributed by atoms with Crippen LogP contribution in [0.5, 0.6) is 5.75 Å². The summed E-state index contributed by atoms with van der Waals surface area (Å²) in [7, 11) is 0. The number of ether oxygens (including phenoxy) is 1. The van der Waals surface area contributed by atoms with Gasteiger partial charge in [-0.2, -0.15) is 0 Å². The summed E-state index contributed by atoms with van der Waals surface area (Å²) in [6.07, 6.45) is 0. The predicted octanol–water partition coefficient (Wildman–Crippen LogP) is 4.45. The van der Waals surface area contributed by atoms with Crippen molar-refractivity contribution >= 4 is 22.5 Å². The molecule has 0 amide bonds. The molecule has 0 spiro atoms. The topological polar surface area (TPSA) is 22.1 Å². The van der Waals surface area contributed by atoms with Gasteiger partial charge in [-0.3, -0.25) is 0 Å². The number of hydrogen-bond acceptors (Lipinski definition) is 2. The summed E-state index contributed by atoms with van der Waals surface area (Å²) in [5.74, 6) is 0.869. The third kappa shape index (κ3) is 1.53. The van der Waals surface area contributed by atoms with E-state index in [4.69, 9.17) is 21.3 Å². The number of hydrogen-bond donors (Lipinski definition) is 0. The Morgan fingerprint density at radius 3 is 2.74 bits per heavy atom. The normalized spacial score (nSPS) is 12.7. The molecule has 0 N–H and O–H groups in total. The first-order chi connectivity index (χ1) is 9.34. The minimum absolute atomic E-state index is 0.475. The Morgan fingerprint density at radius 2 is 1.79 bits per heavy atom. The molecule has 0 saturated heterocycles. The predicted molar refractivity (Wildman–Crippen MR) is 76.5 cm³/mol. The molecule has 3 heteroatoms. The van der Waals surface area contributed by atoms with Crippen molar-refractivity contribution < 1.29 is 4.74 Å². The van der Waals surface area contributed by atoms with Gasteiger partial charge < -0.3 is 4.74 Å². The van der Waals surface area contributed by atoms with Gasteiger partial charge in [-0.05, 0) is 18.2 Å². The van der Waals surface area contributed by atoms with Gasteiger partial charge in [0.15, 0.2) is 0 Å². The average molecular weight is 268 g/mol. The Morgan fingerprint density at radius 1 is 1.00 bits per heavy atom. The van der Waals surface area contributed by atoms with Crippen LogP contribution >= 0.6 is 11.6 Å². The Labute approximate surface area is 115 Å². The highest BCUT2D eigenvalue weighted by Crippen LogP contribution is 2.41. The number of benzene rings is 2. The van der Waals surface area contributed by atoms with Gasteiger partial charge in [0.1, 0.15) is 12.4 Å². The molecule has 2 heterocycles. The van der Waals surface area contributed by atoms with Gasteiger partial charge >= 0.3 is 0 Å². The molecule has 0 aliphatic carbocycles. The summed E-state index contributed by atoms with van der Waals surface area (Å²) in [6, 6.07) is 15.9. The van der Waals surface area contributed by atoms with Gasteiger partial charge in [-0.15, -0.1) is 0 Å². The number of para-hydroxylation sites is 2. The van der Waals surface area contributed by atoms with Crippen molar-refractivity contribution in [3.8, 4) is 17.0 Å². The highest BCUT2D eigenvalue weighted by atomic mass is 35.5. The van der Waals surface area contributed by atoms with Crippen molar-refractivity contribution in [3.05, 3.63) is 59.1 Å². The van der Waals surface area contributed by atoms with Gasteiger partial charge in [0.05, 0.1) is 16.2 Å². The molecular weight excluding hydrogens is 258 g/mol. The molecule has 2 nitrogen and oxygen atoms in total. The molecule has 19 heavy (non-hydrogen) atoms. The second-order valence-electron chi connectivity index (χ2n) is 4.55. The first-order valence-electron chi connectivity index (χ1n) is 6.14. The van der Waals surface area contributed by atoms with Crippen molar-refractivity contribution in [2.45, 2.75) is 6.61 Å².